The molecule has 0 radical (unpaired) electrons. The van der Waals surface area contributed by atoms with Gasteiger partial charge in [0, 0.05) is 46.8 Å². The van der Waals surface area contributed by atoms with E-state index < -0.39 is 10.0 Å². The average molecular weight is 539 g/mol. The first-order valence-electron chi connectivity index (χ1n) is 12.7. The summed E-state index contributed by atoms with van der Waals surface area (Å²) in [7, 11) is -3.75. The lowest BCUT2D eigenvalue weighted by Crippen LogP contribution is -2.44. The largest absolute Gasteiger partial charge is 0.347 e. The van der Waals surface area contributed by atoms with Crippen molar-refractivity contribution in [1.82, 2.24) is 4.90 Å². The van der Waals surface area contributed by atoms with Crippen molar-refractivity contribution >= 4 is 32.9 Å². The summed E-state index contributed by atoms with van der Waals surface area (Å²) in [6.45, 7) is 9.16. The van der Waals surface area contributed by atoms with Gasteiger partial charge in [0.15, 0.2) is 11.6 Å². The molecular formula is C29H34N2O4S2. The molecule has 1 aromatic carbocycles. The highest BCUT2D eigenvalue weighted by atomic mass is 32.2. The zero-order valence-corrected chi connectivity index (χ0v) is 23.5. The van der Waals surface area contributed by atoms with E-state index in [0.717, 1.165) is 45.8 Å². The highest BCUT2D eigenvalue weighted by molar-refractivity contribution is 7.89. The number of hydrogen-bond acceptors (Lipinski definition) is 6. The lowest BCUT2D eigenvalue weighted by Gasteiger charge is -2.49. The fourth-order valence-electron chi connectivity index (χ4n) is 6.14. The van der Waals surface area contributed by atoms with Gasteiger partial charge in [-0.15, -0.1) is 11.3 Å². The molecule has 0 unspecified atom stereocenters. The Hall–Kier alpha value is -2.55. The number of carbonyl (C=O) groups is 2. The smallest absolute Gasteiger partial charge is 0.238 e. The summed E-state index contributed by atoms with van der Waals surface area (Å²) in [6.07, 6.45) is 3.13. The van der Waals surface area contributed by atoms with Gasteiger partial charge in [0.25, 0.3) is 0 Å². The first-order valence-corrected chi connectivity index (χ1v) is 15.1. The average Bonchev–Trinajstić information content (AvgIpc) is 3.30. The maximum absolute atomic E-state index is 13.7. The van der Waals surface area contributed by atoms with Gasteiger partial charge >= 0.3 is 0 Å². The molecule has 0 saturated carbocycles. The zero-order valence-electron chi connectivity index (χ0n) is 21.8. The van der Waals surface area contributed by atoms with Gasteiger partial charge in [-0.25, -0.2) is 13.6 Å². The molecule has 0 amide bonds. The van der Waals surface area contributed by atoms with Crippen molar-refractivity contribution in [3.63, 3.8) is 0 Å². The minimum atomic E-state index is -3.75. The Labute approximate surface area is 223 Å². The Morgan fingerprint density at radius 2 is 1.43 bits per heavy atom. The molecule has 2 aliphatic carbocycles. The van der Waals surface area contributed by atoms with Gasteiger partial charge in [0.05, 0.1) is 10.8 Å². The van der Waals surface area contributed by atoms with Crippen molar-refractivity contribution in [1.29, 1.82) is 0 Å². The number of Topliss-reactive ketones (excluding diaryl/α,β-unsaturated/α-hetero) is 2. The molecule has 5 rings (SSSR count). The van der Waals surface area contributed by atoms with Gasteiger partial charge in [-0.3, -0.25) is 9.59 Å². The van der Waals surface area contributed by atoms with Crippen LogP contribution in [0.3, 0.4) is 0 Å². The molecule has 8 heteroatoms. The molecule has 196 valence electrons. The number of primary sulfonamides is 1. The summed E-state index contributed by atoms with van der Waals surface area (Å²) >= 11 is 1.61. The summed E-state index contributed by atoms with van der Waals surface area (Å²) in [5.41, 5.74) is 4.31. The van der Waals surface area contributed by atoms with E-state index in [2.05, 4.69) is 32.6 Å². The summed E-state index contributed by atoms with van der Waals surface area (Å²) in [6, 6.07) is 10.7. The molecule has 2 N–H and O–H groups in total. The number of carbonyl (C=O) groups excluding carboxylic acids is 2. The minimum absolute atomic E-state index is 0.0854. The lowest BCUT2D eigenvalue weighted by molar-refractivity contribution is -0.119. The van der Waals surface area contributed by atoms with Gasteiger partial charge in [-0.1, -0.05) is 45.9 Å². The second kappa shape index (κ2) is 9.03. The number of benzene rings is 1. The maximum atomic E-state index is 13.7. The van der Waals surface area contributed by atoms with E-state index >= 15 is 0 Å². The molecule has 1 aromatic heterocycles. The molecule has 1 aliphatic heterocycles. The molecule has 0 bridgehead atoms. The Morgan fingerprint density at radius 1 is 0.892 bits per heavy atom. The topological polar surface area (TPSA) is 97.5 Å². The zero-order chi connectivity index (χ0) is 26.8. The highest BCUT2D eigenvalue weighted by Crippen LogP contribution is 2.54. The van der Waals surface area contributed by atoms with Gasteiger partial charge < -0.3 is 4.90 Å². The molecule has 0 saturated heterocycles. The molecule has 2 heterocycles. The van der Waals surface area contributed by atoms with Crippen LogP contribution in [0.2, 0.25) is 0 Å². The summed E-state index contributed by atoms with van der Waals surface area (Å²) < 4.78 is 23.3. The Kier molecular flexibility index (Phi) is 6.36. The second-order valence-corrected chi connectivity index (χ2v) is 14.7. The van der Waals surface area contributed by atoms with E-state index in [4.69, 9.17) is 5.14 Å². The Balaban J connectivity index is 1.61. The number of sulfonamides is 1. The summed E-state index contributed by atoms with van der Waals surface area (Å²) in [5.74, 6) is -0.0184. The SMILES string of the molecule is CC1(C)CC(=O)C2=C(C1)N(CCc1ccc(S(N)(=O)=O)cc1)C1=C(C(=O)CC(C)(C)C1)C2c1cccs1. The molecule has 6 nitrogen and oxygen atoms in total. The van der Waals surface area contributed by atoms with E-state index in [1.807, 2.05) is 17.5 Å². The number of nitrogens with zero attached hydrogens (tertiary/aromatic N) is 1. The number of thiophene rings is 1. The van der Waals surface area contributed by atoms with E-state index in [1.165, 1.54) is 12.1 Å². The van der Waals surface area contributed by atoms with E-state index in [-0.39, 0.29) is 33.2 Å². The fraction of sp³-hybridized carbons (Fsp3) is 0.448. The quantitative estimate of drug-likeness (QED) is 0.555. The van der Waals surface area contributed by atoms with Gasteiger partial charge in [0.1, 0.15) is 0 Å². The van der Waals surface area contributed by atoms with E-state index in [0.29, 0.717) is 25.8 Å². The summed E-state index contributed by atoms with van der Waals surface area (Å²) in [5, 5.41) is 7.28. The predicted molar refractivity (Wildman–Crippen MR) is 145 cm³/mol. The van der Waals surface area contributed by atoms with Crippen molar-refractivity contribution in [3.8, 4) is 0 Å². The van der Waals surface area contributed by atoms with Crippen LogP contribution in [0.25, 0.3) is 0 Å². The number of allylic oxidation sites excluding steroid dienone is 4. The molecule has 2 aromatic rings. The van der Waals surface area contributed by atoms with Crippen molar-refractivity contribution in [2.75, 3.05) is 6.54 Å². The van der Waals surface area contributed by atoms with Crippen LogP contribution in [-0.2, 0) is 26.0 Å². The molecule has 0 fully saturated rings. The van der Waals surface area contributed by atoms with Crippen LogP contribution >= 0.6 is 11.3 Å². The van der Waals surface area contributed by atoms with Crippen LogP contribution in [-0.4, -0.2) is 31.4 Å². The van der Waals surface area contributed by atoms with Crippen LogP contribution in [0, 0.1) is 10.8 Å². The Morgan fingerprint density at radius 3 is 1.89 bits per heavy atom. The highest BCUT2D eigenvalue weighted by Gasteiger charge is 2.49. The third kappa shape index (κ3) is 4.99. The minimum Gasteiger partial charge on any atom is -0.347 e. The first kappa shape index (κ1) is 26.1. The predicted octanol–water partition coefficient (Wildman–Crippen LogP) is 5.32. The maximum Gasteiger partial charge on any atom is 0.238 e. The number of ketones is 2. The van der Waals surface area contributed by atoms with Gasteiger partial charge in [0.2, 0.25) is 10.0 Å². The van der Waals surface area contributed by atoms with Crippen molar-refractivity contribution in [2.45, 2.75) is 70.6 Å². The van der Waals surface area contributed by atoms with Crippen LogP contribution in [0.1, 0.15) is 69.7 Å². The van der Waals surface area contributed by atoms with Crippen molar-refractivity contribution < 1.29 is 18.0 Å². The number of rotatable bonds is 5. The lowest BCUT2D eigenvalue weighted by atomic mass is 9.64. The van der Waals surface area contributed by atoms with Gasteiger partial charge in [-0.2, -0.15) is 0 Å². The Bertz CT molecular complexity index is 1380. The van der Waals surface area contributed by atoms with Crippen LogP contribution in [0.5, 0.6) is 0 Å². The van der Waals surface area contributed by atoms with Crippen molar-refractivity contribution in [2.24, 2.45) is 16.0 Å². The van der Waals surface area contributed by atoms with Gasteiger partial charge in [-0.05, 0) is 59.2 Å². The van der Waals surface area contributed by atoms with Crippen molar-refractivity contribution in [3.05, 3.63) is 74.8 Å². The van der Waals surface area contributed by atoms with Crippen LogP contribution in [0.15, 0.2) is 69.2 Å². The summed E-state index contributed by atoms with van der Waals surface area (Å²) in [4.78, 5) is 30.9. The third-order valence-electron chi connectivity index (χ3n) is 7.73. The standard InChI is InChI=1S/C29H34N2O4S2/c1-28(2)14-20-25(22(32)16-28)27(24-6-5-13-36-24)26-21(15-29(3,4)17-23(26)33)31(20)12-11-18-7-9-19(10-8-18)37(30,34)35/h5-10,13,27H,11-12,14-17H2,1-4H3,(H2,30,34,35). The second-order valence-electron chi connectivity index (χ2n) is 12.1. The number of nitrogens with two attached hydrogens (primary N) is 1. The normalized spacial score (nSPS) is 21.8. The van der Waals surface area contributed by atoms with E-state index in [9.17, 15) is 18.0 Å². The fourth-order valence-corrected chi connectivity index (χ4v) is 7.50. The molecule has 0 atom stereocenters. The molecule has 37 heavy (non-hydrogen) atoms. The first-order chi connectivity index (χ1) is 17.3. The molecular weight excluding hydrogens is 504 g/mol. The number of hydrogen-bond donors (Lipinski definition) is 1. The van der Waals surface area contributed by atoms with E-state index in [1.54, 1.807) is 23.5 Å². The third-order valence-corrected chi connectivity index (χ3v) is 9.59. The van der Waals surface area contributed by atoms with Crippen LogP contribution < -0.4 is 5.14 Å². The molecule has 0 spiro atoms. The molecule has 3 aliphatic rings. The monoisotopic (exact) mass is 538 g/mol. The van der Waals surface area contributed by atoms with Crippen LogP contribution in [0.4, 0.5) is 0 Å².